The molecule has 19 heavy (non-hydrogen) atoms. The standard InChI is InChI=1S/C13H23N5O/c1-9(2)11-12(17-14)15-8-16-13(11)18-6-4-5-10(7-18)19-3/h8-10H,4-7,14H2,1-3H3,(H,15,16,17). The maximum absolute atomic E-state index is 5.56. The molecule has 1 atom stereocenters. The maximum Gasteiger partial charge on any atom is 0.148 e. The second-order valence-corrected chi connectivity index (χ2v) is 5.20. The number of nitrogens with one attached hydrogen (secondary N) is 1. The van der Waals surface area contributed by atoms with Gasteiger partial charge in [-0.3, -0.25) is 0 Å². The molecule has 1 aromatic rings. The number of rotatable bonds is 4. The van der Waals surface area contributed by atoms with Gasteiger partial charge in [0.2, 0.25) is 0 Å². The number of hydrogen-bond donors (Lipinski definition) is 2. The first-order valence-corrected chi connectivity index (χ1v) is 6.76. The van der Waals surface area contributed by atoms with Crippen LogP contribution in [0.2, 0.25) is 0 Å². The van der Waals surface area contributed by atoms with E-state index in [0.717, 1.165) is 37.3 Å². The second kappa shape index (κ2) is 6.16. The highest BCUT2D eigenvalue weighted by atomic mass is 16.5. The van der Waals surface area contributed by atoms with Crippen LogP contribution in [0.3, 0.4) is 0 Å². The number of nitrogens with zero attached hydrogens (tertiary/aromatic N) is 3. The summed E-state index contributed by atoms with van der Waals surface area (Å²) in [6.45, 7) is 6.12. The first-order valence-electron chi connectivity index (χ1n) is 6.76. The lowest BCUT2D eigenvalue weighted by Crippen LogP contribution is -2.40. The van der Waals surface area contributed by atoms with Gasteiger partial charge in [-0.05, 0) is 18.8 Å². The van der Waals surface area contributed by atoms with Crippen LogP contribution in [0.1, 0.15) is 38.2 Å². The summed E-state index contributed by atoms with van der Waals surface area (Å²) in [5.41, 5.74) is 3.74. The fourth-order valence-electron chi connectivity index (χ4n) is 2.61. The molecule has 6 nitrogen and oxygen atoms in total. The van der Waals surface area contributed by atoms with Gasteiger partial charge < -0.3 is 15.1 Å². The number of anilines is 2. The summed E-state index contributed by atoms with van der Waals surface area (Å²) < 4.78 is 5.47. The lowest BCUT2D eigenvalue weighted by atomic mass is 10.0. The van der Waals surface area contributed by atoms with Crippen molar-refractivity contribution in [2.45, 2.75) is 38.7 Å². The lowest BCUT2D eigenvalue weighted by Gasteiger charge is -2.34. The zero-order valence-electron chi connectivity index (χ0n) is 11.9. The van der Waals surface area contributed by atoms with Gasteiger partial charge >= 0.3 is 0 Å². The number of nitrogen functional groups attached to an aromatic ring is 1. The van der Waals surface area contributed by atoms with E-state index >= 15 is 0 Å². The molecule has 1 saturated heterocycles. The summed E-state index contributed by atoms with van der Waals surface area (Å²) >= 11 is 0. The molecular formula is C13H23N5O. The largest absolute Gasteiger partial charge is 0.380 e. The monoisotopic (exact) mass is 265 g/mol. The summed E-state index contributed by atoms with van der Waals surface area (Å²) in [4.78, 5) is 10.9. The van der Waals surface area contributed by atoms with Crippen molar-refractivity contribution in [3.63, 3.8) is 0 Å². The molecule has 0 aromatic carbocycles. The number of hydrogen-bond acceptors (Lipinski definition) is 6. The molecule has 2 rings (SSSR count). The fraction of sp³-hybridized carbons (Fsp3) is 0.692. The zero-order chi connectivity index (χ0) is 13.8. The molecule has 0 saturated carbocycles. The topological polar surface area (TPSA) is 76.3 Å². The molecule has 1 aromatic heterocycles. The molecule has 106 valence electrons. The highest BCUT2D eigenvalue weighted by Gasteiger charge is 2.25. The van der Waals surface area contributed by atoms with Crippen LogP contribution in [-0.4, -0.2) is 36.3 Å². The van der Waals surface area contributed by atoms with Crippen LogP contribution in [0.25, 0.3) is 0 Å². The van der Waals surface area contributed by atoms with E-state index in [1.165, 1.54) is 0 Å². The summed E-state index contributed by atoms with van der Waals surface area (Å²) in [6, 6.07) is 0. The summed E-state index contributed by atoms with van der Waals surface area (Å²) in [7, 11) is 1.77. The van der Waals surface area contributed by atoms with Crippen LogP contribution in [0.5, 0.6) is 0 Å². The Hall–Kier alpha value is -1.40. The number of ether oxygens (including phenoxy) is 1. The van der Waals surface area contributed by atoms with Crippen LogP contribution < -0.4 is 16.2 Å². The molecule has 0 radical (unpaired) electrons. The fourth-order valence-corrected chi connectivity index (χ4v) is 2.61. The SMILES string of the molecule is COC1CCCN(c2ncnc(NN)c2C(C)C)C1. The quantitative estimate of drug-likeness (QED) is 0.634. The Labute approximate surface area is 114 Å². The molecule has 6 heteroatoms. The smallest absolute Gasteiger partial charge is 0.148 e. The van der Waals surface area contributed by atoms with E-state index in [9.17, 15) is 0 Å². The molecule has 3 N–H and O–H groups in total. The van der Waals surface area contributed by atoms with Gasteiger partial charge in [0.15, 0.2) is 0 Å². The van der Waals surface area contributed by atoms with E-state index in [-0.39, 0.29) is 6.10 Å². The van der Waals surface area contributed by atoms with Crippen LogP contribution in [0.15, 0.2) is 6.33 Å². The third-order valence-corrected chi connectivity index (χ3v) is 3.59. The molecular weight excluding hydrogens is 242 g/mol. The van der Waals surface area contributed by atoms with Gasteiger partial charge in [-0.25, -0.2) is 15.8 Å². The van der Waals surface area contributed by atoms with Crippen molar-refractivity contribution in [3.8, 4) is 0 Å². The molecule has 1 fully saturated rings. The van der Waals surface area contributed by atoms with E-state index in [1.54, 1.807) is 13.4 Å². The normalized spacial score (nSPS) is 19.8. The summed E-state index contributed by atoms with van der Waals surface area (Å²) in [5, 5.41) is 0. The molecule has 1 unspecified atom stereocenters. The van der Waals surface area contributed by atoms with Crippen molar-refractivity contribution in [2.75, 3.05) is 30.5 Å². The molecule has 0 spiro atoms. The molecule has 0 amide bonds. The average Bonchev–Trinajstić information content (AvgIpc) is 2.46. The maximum atomic E-state index is 5.56. The van der Waals surface area contributed by atoms with E-state index in [2.05, 4.69) is 34.1 Å². The average molecular weight is 265 g/mol. The zero-order valence-corrected chi connectivity index (χ0v) is 11.9. The molecule has 1 aliphatic rings. The number of piperidine rings is 1. The lowest BCUT2D eigenvalue weighted by molar-refractivity contribution is 0.0891. The van der Waals surface area contributed by atoms with Crippen molar-refractivity contribution in [1.82, 2.24) is 9.97 Å². The summed E-state index contributed by atoms with van der Waals surface area (Å²) in [6.07, 6.45) is 4.06. The first kappa shape index (κ1) is 14.0. The van der Waals surface area contributed by atoms with Crippen molar-refractivity contribution < 1.29 is 4.74 Å². The number of methoxy groups -OCH3 is 1. The highest BCUT2D eigenvalue weighted by molar-refractivity contribution is 5.60. The predicted octanol–water partition coefficient (Wildman–Crippen LogP) is 1.50. The minimum atomic E-state index is 0.276. The van der Waals surface area contributed by atoms with Crippen molar-refractivity contribution in [3.05, 3.63) is 11.9 Å². The number of aromatic nitrogens is 2. The van der Waals surface area contributed by atoms with Crippen LogP contribution in [-0.2, 0) is 4.74 Å². The van der Waals surface area contributed by atoms with Crippen molar-refractivity contribution >= 4 is 11.6 Å². The minimum Gasteiger partial charge on any atom is -0.380 e. The minimum absolute atomic E-state index is 0.276. The Kier molecular flexibility index (Phi) is 4.55. The van der Waals surface area contributed by atoms with E-state index in [4.69, 9.17) is 10.6 Å². The first-order chi connectivity index (χ1) is 9.17. The van der Waals surface area contributed by atoms with Gasteiger partial charge in [0.05, 0.1) is 6.10 Å². The van der Waals surface area contributed by atoms with E-state index in [1.807, 2.05) is 0 Å². The van der Waals surface area contributed by atoms with Gasteiger partial charge in [0.25, 0.3) is 0 Å². The van der Waals surface area contributed by atoms with Gasteiger partial charge in [-0.1, -0.05) is 13.8 Å². The Balaban J connectivity index is 2.33. The van der Waals surface area contributed by atoms with Crippen LogP contribution >= 0.6 is 0 Å². The second-order valence-electron chi connectivity index (χ2n) is 5.20. The predicted molar refractivity (Wildman–Crippen MR) is 76.2 cm³/mol. The third kappa shape index (κ3) is 2.96. The molecule has 2 heterocycles. The highest BCUT2D eigenvalue weighted by Crippen LogP contribution is 2.32. The van der Waals surface area contributed by atoms with Crippen molar-refractivity contribution in [2.24, 2.45) is 5.84 Å². The number of nitrogens with two attached hydrogens (primary N) is 1. The third-order valence-electron chi connectivity index (χ3n) is 3.59. The van der Waals surface area contributed by atoms with Gasteiger partial charge in [0, 0.05) is 25.8 Å². The Morgan fingerprint density at radius 2 is 2.26 bits per heavy atom. The molecule has 0 aliphatic carbocycles. The Bertz CT molecular complexity index is 423. The van der Waals surface area contributed by atoms with Gasteiger partial charge in [-0.15, -0.1) is 0 Å². The van der Waals surface area contributed by atoms with Gasteiger partial charge in [-0.2, -0.15) is 0 Å². The molecule has 1 aliphatic heterocycles. The van der Waals surface area contributed by atoms with E-state index in [0.29, 0.717) is 11.7 Å². The summed E-state index contributed by atoms with van der Waals surface area (Å²) in [5.74, 6) is 7.55. The number of hydrazine groups is 1. The van der Waals surface area contributed by atoms with E-state index < -0.39 is 0 Å². The van der Waals surface area contributed by atoms with Crippen LogP contribution in [0, 0.1) is 0 Å². The molecule has 0 bridgehead atoms. The van der Waals surface area contributed by atoms with Crippen LogP contribution in [0.4, 0.5) is 11.6 Å². The Morgan fingerprint density at radius 3 is 2.89 bits per heavy atom. The van der Waals surface area contributed by atoms with Gasteiger partial charge in [0.1, 0.15) is 18.0 Å². The Morgan fingerprint density at radius 1 is 1.47 bits per heavy atom. The van der Waals surface area contributed by atoms with Crippen molar-refractivity contribution in [1.29, 1.82) is 0 Å².